The Morgan fingerprint density at radius 2 is 1.77 bits per heavy atom. The van der Waals surface area contributed by atoms with Crippen molar-refractivity contribution in [3.8, 4) is 0 Å². The van der Waals surface area contributed by atoms with E-state index in [-0.39, 0.29) is 19.1 Å². The normalized spacial score (nSPS) is 11.6. The SMILES string of the molecule is O=C(O)CCC(Cc1ccc(Br)c(Br)c1)NC(=O)OCc1ccccc1. The van der Waals surface area contributed by atoms with E-state index < -0.39 is 12.1 Å². The fourth-order valence-electron chi connectivity index (χ4n) is 2.41. The largest absolute Gasteiger partial charge is 0.481 e. The second kappa shape index (κ2) is 10.3. The average Bonchev–Trinajstić information content (AvgIpc) is 2.62. The van der Waals surface area contributed by atoms with E-state index in [1.165, 1.54) is 0 Å². The lowest BCUT2D eigenvalue weighted by Crippen LogP contribution is -2.37. The smallest absolute Gasteiger partial charge is 0.407 e. The second-order valence-electron chi connectivity index (χ2n) is 5.79. The summed E-state index contributed by atoms with van der Waals surface area (Å²) in [7, 11) is 0. The van der Waals surface area contributed by atoms with Crippen molar-refractivity contribution in [1.82, 2.24) is 5.32 Å². The monoisotopic (exact) mass is 483 g/mol. The predicted molar refractivity (Wildman–Crippen MR) is 106 cm³/mol. The molecule has 138 valence electrons. The molecule has 0 saturated heterocycles. The quantitative estimate of drug-likeness (QED) is 0.557. The van der Waals surface area contributed by atoms with Gasteiger partial charge in [0, 0.05) is 21.4 Å². The topological polar surface area (TPSA) is 75.6 Å². The van der Waals surface area contributed by atoms with E-state index in [0.717, 1.165) is 20.1 Å². The Labute approximate surface area is 169 Å². The van der Waals surface area contributed by atoms with Crippen LogP contribution in [0.4, 0.5) is 4.79 Å². The molecule has 0 aliphatic carbocycles. The summed E-state index contributed by atoms with van der Waals surface area (Å²) in [5.74, 6) is -0.897. The van der Waals surface area contributed by atoms with Crippen LogP contribution in [0.1, 0.15) is 24.0 Å². The molecule has 0 saturated carbocycles. The first-order valence-electron chi connectivity index (χ1n) is 8.07. The Kier molecular flexibility index (Phi) is 8.12. The average molecular weight is 485 g/mol. The minimum absolute atomic E-state index is 0.0265. The first-order valence-corrected chi connectivity index (χ1v) is 9.65. The van der Waals surface area contributed by atoms with E-state index in [1.807, 2.05) is 48.5 Å². The van der Waals surface area contributed by atoms with E-state index in [4.69, 9.17) is 9.84 Å². The van der Waals surface area contributed by atoms with Crippen molar-refractivity contribution in [3.63, 3.8) is 0 Å². The van der Waals surface area contributed by atoms with E-state index >= 15 is 0 Å². The van der Waals surface area contributed by atoms with Gasteiger partial charge < -0.3 is 15.2 Å². The summed E-state index contributed by atoms with van der Waals surface area (Å²) in [5, 5.41) is 11.7. The third-order valence-electron chi connectivity index (χ3n) is 3.71. The molecule has 0 aromatic heterocycles. The van der Waals surface area contributed by atoms with Crippen LogP contribution < -0.4 is 5.32 Å². The Morgan fingerprint density at radius 1 is 1.04 bits per heavy atom. The van der Waals surface area contributed by atoms with Crippen LogP contribution in [0, 0.1) is 0 Å². The number of aliphatic carboxylic acids is 1. The van der Waals surface area contributed by atoms with Crippen LogP contribution in [0.15, 0.2) is 57.5 Å². The molecule has 1 amide bonds. The van der Waals surface area contributed by atoms with E-state index in [2.05, 4.69) is 37.2 Å². The third-order valence-corrected chi connectivity index (χ3v) is 5.59. The summed E-state index contributed by atoms with van der Waals surface area (Å²) < 4.78 is 7.06. The Hall–Kier alpha value is -1.86. The van der Waals surface area contributed by atoms with Gasteiger partial charge in [-0.3, -0.25) is 4.79 Å². The molecule has 0 bridgehead atoms. The third kappa shape index (κ3) is 7.17. The van der Waals surface area contributed by atoms with Gasteiger partial charge in [0.1, 0.15) is 6.61 Å². The van der Waals surface area contributed by atoms with Crippen LogP contribution in [-0.4, -0.2) is 23.2 Å². The Balaban J connectivity index is 1.95. The van der Waals surface area contributed by atoms with Crippen molar-refractivity contribution >= 4 is 43.9 Å². The number of carbonyl (C=O) groups is 2. The van der Waals surface area contributed by atoms with E-state index in [0.29, 0.717) is 12.8 Å². The first-order chi connectivity index (χ1) is 12.4. The molecule has 2 rings (SSSR count). The molecule has 1 unspecified atom stereocenters. The van der Waals surface area contributed by atoms with E-state index in [9.17, 15) is 9.59 Å². The number of ether oxygens (including phenoxy) is 1. The highest BCUT2D eigenvalue weighted by Crippen LogP contribution is 2.24. The highest BCUT2D eigenvalue weighted by atomic mass is 79.9. The van der Waals surface area contributed by atoms with Crippen LogP contribution in [-0.2, 0) is 22.6 Å². The number of nitrogens with one attached hydrogen (secondary N) is 1. The number of carbonyl (C=O) groups excluding carboxylic acids is 1. The second-order valence-corrected chi connectivity index (χ2v) is 7.50. The van der Waals surface area contributed by atoms with Gasteiger partial charge in [0.25, 0.3) is 0 Å². The molecule has 2 aromatic carbocycles. The number of benzene rings is 2. The molecule has 0 aliphatic heterocycles. The summed E-state index contributed by atoms with van der Waals surface area (Å²) in [5.41, 5.74) is 1.88. The number of alkyl carbamates (subject to hydrolysis) is 1. The van der Waals surface area contributed by atoms with Gasteiger partial charge in [0.05, 0.1) is 0 Å². The van der Waals surface area contributed by atoms with Crippen molar-refractivity contribution in [1.29, 1.82) is 0 Å². The zero-order valence-electron chi connectivity index (χ0n) is 14.0. The maximum absolute atomic E-state index is 12.1. The molecule has 0 spiro atoms. The fourth-order valence-corrected chi connectivity index (χ4v) is 3.08. The van der Waals surface area contributed by atoms with Crippen molar-refractivity contribution in [2.75, 3.05) is 0 Å². The molecule has 1 atom stereocenters. The van der Waals surface area contributed by atoms with Gasteiger partial charge in [-0.1, -0.05) is 36.4 Å². The summed E-state index contributed by atoms with van der Waals surface area (Å²) in [6.45, 7) is 0.169. The van der Waals surface area contributed by atoms with Gasteiger partial charge in [-0.25, -0.2) is 4.79 Å². The van der Waals surface area contributed by atoms with Gasteiger partial charge in [0.2, 0.25) is 0 Å². The zero-order valence-corrected chi connectivity index (χ0v) is 17.1. The Morgan fingerprint density at radius 3 is 2.42 bits per heavy atom. The zero-order chi connectivity index (χ0) is 18.9. The summed E-state index contributed by atoms with van der Waals surface area (Å²) in [6.07, 6.45) is 0.255. The molecule has 0 radical (unpaired) electrons. The first kappa shape index (κ1) is 20.5. The number of hydrogen-bond acceptors (Lipinski definition) is 3. The molecule has 26 heavy (non-hydrogen) atoms. The minimum atomic E-state index is -0.897. The summed E-state index contributed by atoms with van der Waals surface area (Å²) in [6, 6.07) is 14.8. The fraction of sp³-hybridized carbons (Fsp3) is 0.263. The van der Waals surface area contributed by atoms with Gasteiger partial charge >= 0.3 is 12.1 Å². The highest BCUT2D eigenvalue weighted by Gasteiger charge is 2.16. The lowest BCUT2D eigenvalue weighted by atomic mass is 10.0. The number of carboxylic acid groups (broad SMARTS) is 1. The summed E-state index contributed by atoms with van der Waals surface area (Å²) >= 11 is 6.86. The number of halogens is 2. The molecule has 7 heteroatoms. The van der Waals surface area contributed by atoms with Gasteiger partial charge in [-0.15, -0.1) is 0 Å². The predicted octanol–water partition coefficient (Wildman–Crippen LogP) is 4.91. The Bertz CT molecular complexity index is 752. The lowest BCUT2D eigenvalue weighted by Gasteiger charge is -2.18. The number of carboxylic acids is 1. The van der Waals surface area contributed by atoms with Gasteiger partial charge in [-0.2, -0.15) is 0 Å². The maximum atomic E-state index is 12.1. The van der Waals surface area contributed by atoms with Crippen LogP contribution in [0.25, 0.3) is 0 Å². The minimum Gasteiger partial charge on any atom is -0.481 e. The van der Waals surface area contributed by atoms with Crippen molar-refractivity contribution in [2.24, 2.45) is 0 Å². The molecule has 0 aliphatic rings. The standard InChI is InChI=1S/C19H19Br2NO4/c20-16-8-6-14(11-17(16)21)10-15(7-9-18(23)24)22-19(25)26-12-13-4-2-1-3-5-13/h1-6,8,11,15H,7,9-10,12H2,(H,22,25)(H,23,24). The van der Waals surface area contributed by atoms with E-state index in [1.54, 1.807) is 0 Å². The van der Waals surface area contributed by atoms with Crippen molar-refractivity contribution < 1.29 is 19.4 Å². The van der Waals surface area contributed by atoms with Gasteiger partial charge in [-0.05, 0) is 68.0 Å². The van der Waals surface area contributed by atoms with Crippen LogP contribution in [0.3, 0.4) is 0 Å². The van der Waals surface area contributed by atoms with Crippen molar-refractivity contribution in [3.05, 3.63) is 68.6 Å². The summed E-state index contributed by atoms with van der Waals surface area (Å²) in [4.78, 5) is 23.0. The number of rotatable bonds is 8. The number of hydrogen-bond donors (Lipinski definition) is 2. The molecule has 0 fully saturated rings. The molecule has 5 nitrogen and oxygen atoms in total. The molecular weight excluding hydrogens is 466 g/mol. The molecule has 0 heterocycles. The highest BCUT2D eigenvalue weighted by molar-refractivity contribution is 9.13. The van der Waals surface area contributed by atoms with Crippen LogP contribution >= 0.6 is 31.9 Å². The van der Waals surface area contributed by atoms with Crippen molar-refractivity contribution in [2.45, 2.75) is 31.9 Å². The van der Waals surface area contributed by atoms with Gasteiger partial charge in [0.15, 0.2) is 0 Å². The molecular formula is C19H19Br2NO4. The van der Waals surface area contributed by atoms with Crippen LogP contribution in [0.2, 0.25) is 0 Å². The number of amides is 1. The molecule has 2 aromatic rings. The van der Waals surface area contributed by atoms with Crippen LogP contribution in [0.5, 0.6) is 0 Å². The maximum Gasteiger partial charge on any atom is 0.407 e. The lowest BCUT2D eigenvalue weighted by molar-refractivity contribution is -0.137. The molecule has 2 N–H and O–H groups in total.